The van der Waals surface area contributed by atoms with Gasteiger partial charge in [-0.15, -0.1) is 0 Å². The summed E-state index contributed by atoms with van der Waals surface area (Å²) < 4.78 is 1.87. The molecule has 0 aliphatic carbocycles. The molecular weight excluding hydrogens is 258 g/mol. The minimum Gasteiger partial charge on any atom is -0.310 e. The Bertz CT molecular complexity index is 540. The standard InChI is InChI=1S/C18H27N3/c1-5-19-18(11-6-15-12-20-21(4)13-15)17-9-7-16(8-10-17)14(2)3/h7-10,12-14,18-19H,5-6,11H2,1-4H3. The summed E-state index contributed by atoms with van der Waals surface area (Å²) in [6.07, 6.45) is 6.22. The summed E-state index contributed by atoms with van der Waals surface area (Å²) in [5, 5.41) is 7.84. The zero-order valence-corrected chi connectivity index (χ0v) is 13.6. The SMILES string of the molecule is CCNC(CCc1cnn(C)c1)c1ccc(C(C)C)cc1. The van der Waals surface area contributed by atoms with E-state index in [1.807, 2.05) is 17.9 Å². The Kier molecular flexibility index (Phi) is 5.57. The van der Waals surface area contributed by atoms with Gasteiger partial charge in [-0.25, -0.2) is 0 Å². The van der Waals surface area contributed by atoms with Crippen molar-refractivity contribution in [3.63, 3.8) is 0 Å². The molecule has 21 heavy (non-hydrogen) atoms. The van der Waals surface area contributed by atoms with Gasteiger partial charge in [0.1, 0.15) is 0 Å². The van der Waals surface area contributed by atoms with E-state index in [1.165, 1.54) is 16.7 Å². The van der Waals surface area contributed by atoms with Gasteiger partial charge < -0.3 is 5.32 Å². The zero-order valence-electron chi connectivity index (χ0n) is 13.6. The van der Waals surface area contributed by atoms with Crippen LogP contribution in [0.2, 0.25) is 0 Å². The molecule has 2 aromatic rings. The summed E-state index contributed by atoms with van der Waals surface area (Å²) in [6, 6.07) is 9.47. The molecule has 2 rings (SSSR count). The molecule has 1 heterocycles. The van der Waals surface area contributed by atoms with Gasteiger partial charge in [-0.05, 0) is 42.0 Å². The van der Waals surface area contributed by atoms with Gasteiger partial charge in [0, 0.05) is 19.3 Å². The number of hydrogen-bond acceptors (Lipinski definition) is 2. The van der Waals surface area contributed by atoms with Crippen molar-refractivity contribution in [3.8, 4) is 0 Å². The van der Waals surface area contributed by atoms with Gasteiger partial charge in [0.05, 0.1) is 6.20 Å². The molecule has 114 valence electrons. The van der Waals surface area contributed by atoms with Crippen molar-refractivity contribution in [2.24, 2.45) is 7.05 Å². The highest BCUT2D eigenvalue weighted by Crippen LogP contribution is 2.22. The highest BCUT2D eigenvalue weighted by Gasteiger charge is 2.11. The lowest BCUT2D eigenvalue weighted by Crippen LogP contribution is -2.21. The predicted molar refractivity (Wildman–Crippen MR) is 88.5 cm³/mol. The molecule has 0 aliphatic rings. The van der Waals surface area contributed by atoms with Crippen LogP contribution in [0.1, 0.15) is 55.8 Å². The van der Waals surface area contributed by atoms with E-state index < -0.39 is 0 Å². The van der Waals surface area contributed by atoms with Crippen molar-refractivity contribution < 1.29 is 0 Å². The first-order chi connectivity index (χ1) is 10.1. The molecule has 1 atom stereocenters. The van der Waals surface area contributed by atoms with Crippen LogP contribution in [0, 0.1) is 0 Å². The molecule has 1 aromatic carbocycles. The highest BCUT2D eigenvalue weighted by molar-refractivity contribution is 5.27. The second-order valence-corrected chi connectivity index (χ2v) is 5.99. The molecule has 1 unspecified atom stereocenters. The van der Waals surface area contributed by atoms with E-state index in [4.69, 9.17) is 0 Å². The Morgan fingerprint density at radius 2 is 1.81 bits per heavy atom. The van der Waals surface area contributed by atoms with Crippen LogP contribution in [0.4, 0.5) is 0 Å². The minimum atomic E-state index is 0.413. The third kappa shape index (κ3) is 4.43. The molecular formula is C18H27N3. The van der Waals surface area contributed by atoms with Crippen molar-refractivity contribution in [3.05, 3.63) is 53.3 Å². The number of rotatable bonds is 7. The highest BCUT2D eigenvalue weighted by atomic mass is 15.2. The van der Waals surface area contributed by atoms with Gasteiger partial charge in [-0.3, -0.25) is 4.68 Å². The number of aromatic nitrogens is 2. The van der Waals surface area contributed by atoms with Crippen molar-refractivity contribution in [1.29, 1.82) is 0 Å². The summed E-state index contributed by atoms with van der Waals surface area (Å²) >= 11 is 0. The van der Waals surface area contributed by atoms with E-state index >= 15 is 0 Å². The van der Waals surface area contributed by atoms with Crippen molar-refractivity contribution in [1.82, 2.24) is 15.1 Å². The van der Waals surface area contributed by atoms with Crippen LogP contribution >= 0.6 is 0 Å². The van der Waals surface area contributed by atoms with Gasteiger partial charge in [0.25, 0.3) is 0 Å². The molecule has 0 fully saturated rings. The lowest BCUT2D eigenvalue weighted by Gasteiger charge is -2.19. The van der Waals surface area contributed by atoms with Crippen LogP contribution in [0.15, 0.2) is 36.7 Å². The second kappa shape index (κ2) is 7.41. The average molecular weight is 285 g/mol. The molecule has 0 amide bonds. The lowest BCUT2D eigenvalue weighted by molar-refractivity contribution is 0.515. The number of nitrogens with one attached hydrogen (secondary N) is 1. The molecule has 0 spiro atoms. The molecule has 0 saturated carbocycles. The Labute approximate surface area is 128 Å². The maximum Gasteiger partial charge on any atom is 0.0521 e. The van der Waals surface area contributed by atoms with Crippen LogP contribution in [-0.2, 0) is 13.5 Å². The van der Waals surface area contributed by atoms with Crippen LogP contribution in [0.25, 0.3) is 0 Å². The average Bonchev–Trinajstić information content (AvgIpc) is 2.89. The minimum absolute atomic E-state index is 0.413. The van der Waals surface area contributed by atoms with Crippen LogP contribution in [0.5, 0.6) is 0 Å². The first kappa shape index (κ1) is 15.8. The fourth-order valence-corrected chi connectivity index (χ4v) is 2.66. The number of benzene rings is 1. The topological polar surface area (TPSA) is 29.9 Å². The summed E-state index contributed by atoms with van der Waals surface area (Å²) in [5.41, 5.74) is 4.09. The van der Waals surface area contributed by atoms with E-state index in [-0.39, 0.29) is 0 Å². The van der Waals surface area contributed by atoms with E-state index in [9.17, 15) is 0 Å². The van der Waals surface area contributed by atoms with Gasteiger partial charge in [-0.2, -0.15) is 5.10 Å². The van der Waals surface area contributed by atoms with Gasteiger partial charge in [-0.1, -0.05) is 45.0 Å². The molecule has 0 bridgehead atoms. The molecule has 0 saturated heterocycles. The predicted octanol–water partition coefficient (Wildman–Crippen LogP) is 3.83. The smallest absolute Gasteiger partial charge is 0.0521 e. The zero-order chi connectivity index (χ0) is 15.2. The molecule has 3 nitrogen and oxygen atoms in total. The molecule has 0 radical (unpaired) electrons. The van der Waals surface area contributed by atoms with E-state index in [0.717, 1.165) is 19.4 Å². The van der Waals surface area contributed by atoms with Crippen LogP contribution in [0.3, 0.4) is 0 Å². The quantitative estimate of drug-likeness (QED) is 0.838. The van der Waals surface area contributed by atoms with Gasteiger partial charge >= 0.3 is 0 Å². The fourth-order valence-electron chi connectivity index (χ4n) is 2.66. The van der Waals surface area contributed by atoms with Crippen LogP contribution in [-0.4, -0.2) is 16.3 Å². The van der Waals surface area contributed by atoms with Gasteiger partial charge in [0.15, 0.2) is 0 Å². The molecule has 1 aromatic heterocycles. The third-order valence-electron chi connectivity index (χ3n) is 3.94. The Morgan fingerprint density at radius 3 is 2.33 bits per heavy atom. The second-order valence-electron chi connectivity index (χ2n) is 5.99. The third-order valence-corrected chi connectivity index (χ3v) is 3.94. The van der Waals surface area contributed by atoms with E-state index in [0.29, 0.717) is 12.0 Å². The van der Waals surface area contributed by atoms with Crippen molar-refractivity contribution in [2.75, 3.05) is 6.54 Å². The Balaban J connectivity index is 2.03. The van der Waals surface area contributed by atoms with E-state index in [1.54, 1.807) is 0 Å². The Hall–Kier alpha value is -1.61. The summed E-state index contributed by atoms with van der Waals surface area (Å²) in [7, 11) is 1.97. The largest absolute Gasteiger partial charge is 0.310 e. The van der Waals surface area contributed by atoms with Crippen molar-refractivity contribution >= 4 is 0 Å². The monoisotopic (exact) mass is 285 g/mol. The summed E-state index contributed by atoms with van der Waals surface area (Å²) in [5.74, 6) is 0.590. The van der Waals surface area contributed by atoms with Crippen molar-refractivity contribution in [2.45, 2.75) is 45.6 Å². The maximum atomic E-state index is 4.24. The molecule has 0 aliphatic heterocycles. The van der Waals surface area contributed by atoms with Crippen LogP contribution < -0.4 is 5.32 Å². The summed E-state index contributed by atoms with van der Waals surface area (Å²) in [6.45, 7) is 7.63. The maximum absolute atomic E-state index is 4.24. The normalized spacial score (nSPS) is 12.8. The first-order valence-electron chi connectivity index (χ1n) is 7.91. The van der Waals surface area contributed by atoms with Gasteiger partial charge in [0.2, 0.25) is 0 Å². The first-order valence-corrected chi connectivity index (χ1v) is 7.91. The Morgan fingerprint density at radius 1 is 1.14 bits per heavy atom. The van der Waals surface area contributed by atoms with E-state index in [2.05, 4.69) is 61.6 Å². The number of hydrogen-bond donors (Lipinski definition) is 1. The fraction of sp³-hybridized carbons (Fsp3) is 0.500. The lowest BCUT2D eigenvalue weighted by atomic mass is 9.96. The number of nitrogens with zero attached hydrogens (tertiary/aromatic N) is 2. The molecule has 1 N–H and O–H groups in total. The summed E-state index contributed by atoms with van der Waals surface area (Å²) in [4.78, 5) is 0. The number of aryl methyl sites for hydroxylation is 2. The molecule has 3 heteroatoms.